The van der Waals surface area contributed by atoms with Crippen LogP contribution in [0, 0.1) is 0 Å². The van der Waals surface area contributed by atoms with E-state index in [-0.39, 0.29) is 11.9 Å². The SMILES string of the molecule is CCC(=O)ON.CCC(=O)ON.O=[P+](O)O. The Morgan fingerprint density at radius 2 is 1.25 bits per heavy atom. The molecule has 9 nitrogen and oxygen atoms in total. The van der Waals surface area contributed by atoms with E-state index in [1.165, 1.54) is 0 Å². The molecule has 0 aromatic carbocycles. The largest absolute Gasteiger partial charge is 0.692 e. The molecule has 6 N–H and O–H groups in total. The lowest BCUT2D eigenvalue weighted by Crippen LogP contribution is -2.07. The van der Waals surface area contributed by atoms with Crippen molar-refractivity contribution in [1.29, 1.82) is 0 Å². The van der Waals surface area contributed by atoms with Gasteiger partial charge in [-0.1, -0.05) is 13.8 Å². The predicted molar refractivity (Wildman–Crippen MR) is 53.2 cm³/mol. The van der Waals surface area contributed by atoms with Crippen molar-refractivity contribution in [3.8, 4) is 0 Å². The molecular formula is C6H16N2O7P+. The average molecular weight is 259 g/mol. The highest BCUT2D eigenvalue weighted by Crippen LogP contribution is 1.98. The summed E-state index contributed by atoms with van der Waals surface area (Å²) in [7, 11) is -2.87. The van der Waals surface area contributed by atoms with Crippen molar-refractivity contribution in [3.63, 3.8) is 0 Å². The van der Waals surface area contributed by atoms with Crippen molar-refractivity contribution in [2.75, 3.05) is 0 Å². The zero-order valence-electron chi connectivity index (χ0n) is 8.95. The first-order chi connectivity index (χ1) is 7.35. The summed E-state index contributed by atoms with van der Waals surface area (Å²) in [6.45, 7) is 3.35. The smallest absolute Gasteiger partial charge is 0.373 e. The van der Waals surface area contributed by atoms with Crippen LogP contribution in [0.1, 0.15) is 26.7 Å². The number of hydrogen-bond acceptors (Lipinski definition) is 7. The summed E-state index contributed by atoms with van der Waals surface area (Å²) >= 11 is 0. The van der Waals surface area contributed by atoms with E-state index in [2.05, 4.69) is 21.5 Å². The third-order valence-corrected chi connectivity index (χ3v) is 0.840. The van der Waals surface area contributed by atoms with Crippen LogP contribution in [0.5, 0.6) is 0 Å². The van der Waals surface area contributed by atoms with Crippen LogP contribution in [0.25, 0.3) is 0 Å². The van der Waals surface area contributed by atoms with Gasteiger partial charge < -0.3 is 9.68 Å². The molecule has 0 aromatic heterocycles. The van der Waals surface area contributed by atoms with Crippen molar-refractivity contribution in [2.24, 2.45) is 11.8 Å². The number of carbonyl (C=O) groups excluding carboxylic acids is 2. The number of nitrogens with two attached hydrogens (primary N) is 2. The fourth-order valence-electron chi connectivity index (χ4n) is 0.167. The van der Waals surface area contributed by atoms with E-state index in [1.807, 2.05) is 0 Å². The van der Waals surface area contributed by atoms with Crippen LogP contribution in [0.2, 0.25) is 0 Å². The standard InChI is InChI=1S/2C3H7NO2.HO3P/c2*1-2-3(5)6-4;1-4(2)3/h2*2,4H2,1H3;(H-,1,2,3)/p+1. The summed E-state index contributed by atoms with van der Waals surface area (Å²) in [5.74, 6) is 8.11. The molecule has 96 valence electrons. The lowest BCUT2D eigenvalue weighted by atomic mass is 10.5. The highest BCUT2D eigenvalue weighted by molar-refractivity contribution is 7.30. The van der Waals surface area contributed by atoms with E-state index in [4.69, 9.17) is 14.4 Å². The van der Waals surface area contributed by atoms with Gasteiger partial charge in [-0.15, -0.1) is 9.79 Å². The third kappa shape index (κ3) is 38.4. The maximum atomic E-state index is 9.83. The fraction of sp³-hybridized carbons (Fsp3) is 0.667. The highest BCUT2D eigenvalue weighted by atomic mass is 31.1. The van der Waals surface area contributed by atoms with Crippen LogP contribution >= 0.6 is 8.25 Å². The Bertz CT molecular complexity index is 179. The monoisotopic (exact) mass is 259 g/mol. The molecule has 0 atom stereocenters. The minimum atomic E-state index is -2.87. The molecule has 0 unspecified atom stereocenters. The first-order valence-electron chi connectivity index (χ1n) is 3.99. The number of rotatable bonds is 2. The van der Waals surface area contributed by atoms with Crippen molar-refractivity contribution in [2.45, 2.75) is 26.7 Å². The summed E-state index contributed by atoms with van der Waals surface area (Å²) in [4.78, 5) is 41.4. The van der Waals surface area contributed by atoms with Gasteiger partial charge in [0.05, 0.1) is 0 Å². The molecule has 16 heavy (non-hydrogen) atoms. The third-order valence-electron chi connectivity index (χ3n) is 0.840. The summed E-state index contributed by atoms with van der Waals surface area (Å²) in [6, 6.07) is 0. The topological polar surface area (TPSA) is 162 Å². The van der Waals surface area contributed by atoms with E-state index in [1.54, 1.807) is 13.8 Å². The number of carbonyl (C=O) groups is 2. The second-order valence-corrected chi connectivity index (χ2v) is 2.45. The normalized spacial score (nSPS) is 7.38. The molecule has 0 bridgehead atoms. The Hall–Kier alpha value is -1.12. The average Bonchev–Trinajstić information content (AvgIpc) is 2.26. The molecule has 0 fully saturated rings. The van der Waals surface area contributed by atoms with Gasteiger partial charge >= 0.3 is 20.2 Å². The molecule has 0 spiro atoms. The summed E-state index contributed by atoms with van der Waals surface area (Å²) in [6.07, 6.45) is 0.688. The highest BCUT2D eigenvalue weighted by Gasteiger charge is 1.93. The quantitative estimate of drug-likeness (QED) is 0.369. The molecule has 0 aliphatic rings. The Labute approximate surface area is 93.2 Å². The maximum Gasteiger partial charge on any atom is 0.692 e. The van der Waals surface area contributed by atoms with Gasteiger partial charge in [0.2, 0.25) is 0 Å². The molecule has 0 saturated heterocycles. The van der Waals surface area contributed by atoms with Crippen molar-refractivity contribution < 1.29 is 33.6 Å². The Balaban J connectivity index is -0.000000162. The Morgan fingerprint density at radius 1 is 1.06 bits per heavy atom. The zero-order valence-corrected chi connectivity index (χ0v) is 9.85. The molecule has 0 rings (SSSR count). The Morgan fingerprint density at radius 3 is 1.25 bits per heavy atom. The molecule has 0 aliphatic heterocycles. The molecule has 0 saturated carbocycles. The molecular weight excluding hydrogens is 243 g/mol. The summed E-state index contributed by atoms with van der Waals surface area (Å²) in [5.41, 5.74) is 0. The number of hydrogen-bond donors (Lipinski definition) is 4. The molecule has 0 heterocycles. The van der Waals surface area contributed by atoms with Gasteiger partial charge in [0.1, 0.15) is 0 Å². The minimum Gasteiger partial charge on any atom is -0.373 e. The zero-order chi connectivity index (χ0) is 13.6. The van der Waals surface area contributed by atoms with Crippen LogP contribution in [-0.4, -0.2) is 21.7 Å². The molecule has 0 aromatic rings. The first kappa shape index (κ1) is 20.3. The second kappa shape index (κ2) is 16.3. The van der Waals surface area contributed by atoms with Gasteiger partial charge in [-0.2, -0.15) is 11.8 Å². The second-order valence-electron chi connectivity index (χ2n) is 1.94. The van der Waals surface area contributed by atoms with Crippen LogP contribution in [0.3, 0.4) is 0 Å². The lowest BCUT2D eigenvalue weighted by Gasteiger charge is -1.85. The van der Waals surface area contributed by atoms with Gasteiger partial charge in [-0.3, -0.25) is 9.59 Å². The van der Waals surface area contributed by atoms with Gasteiger partial charge in [-0.25, -0.2) is 0 Å². The lowest BCUT2D eigenvalue weighted by molar-refractivity contribution is -0.144. The van der Waals surface area contributed by atoms with Gasteiger partial charge in [0.25, 0.3) is 0 Å². The minimum absolute atomic E-state index is 0.344. The van der Waals surface area contributed by atoms with Crippen molar-refractivity contribution >= 4 is 20.2 Å². The van der Waals surface area contributed by atoms with Crippen LogP contribution in [0.15, 0.2) is 0 Å². The molecule has 0 radical (unpaired) electrons. The Kier molecular flexibility index (Phi) is 20.7. The fourth-order valence-corrected chi connectivity index (χ4v) is 0.167. The van der Waals surface area contributed by atoms with E-state index >= 15 is 0 Å². The van der Waals surface area contributed by atoms with E-state index in [0.29, 0.717) is 12.8 Å². The van der Waals surface area contributed by atoms with Gasteiger partial charge in [0.15, 0.2) is 0 Å². The predicted octanol–water partition coefficient (Wildman–Crippen LogP) is -0.745. The van der Waals surface area contributed by atoms with Crippen molar-refractivity contribution in [3.05, 3.63) is 0 Å². The van der Waals surface area contributed by atoms with E-state index in [0.717, 1.165) is 0 Å². The summed E-state index contributed by atoms with van der Waals surface area (Å²) < 4.78 is 8.70. The van der Waals surface area contributed by atoms with Gasteiger partial charge in [-0.05, 0) is 0 Å². The molecule has 0 aliphatic carbocycles. The van der Waals surface area contributed by atoms with Crippen molar-refractivity contribution in [1.82, 2.24) is 0 Å². The van der Waals surface area contributed by atoms with E-state index in [9.17, 15) is 9.59 Å². The van der Waals surface area contributed by atoms with Crippen LogP contribution < -0.4 is 11.8 Å². The van der Waals surface area contributed by atoms with Crippen LogP contribution in [0.4, 0.5) is 0 Å². The summed E-state index contributed by atoms with van der Waals surface area (Å²) in [5, 5.41) is 0. The molecule has 0 amide bonds. The van der Waals surface area contributed by atoms with Gasteiger partial charge in [0, 0.05) is 17.4 Å². The maximum absolute atomic E-state index is 9.83. The van der Waals surface area contributed by atoms with Crippen LogP contribution in [-0.2, 0) is 23.8 Å². The van der Waals surface area contributed by atoms with E-state index < -0.39 is 8.25 Å². The molecule has 10 heteroatoms. The first-order valence-corrected chi connectivity index (χ1v) is 5.16.